The zero-order chi connectivity index (χ0) is 18.2. The first-order valence-electron chi connectivity index (χ1n) is 9.48. The molecule has 0 spiro atoms. The molecule has 1 aliphatic heterocycles. The van der Waals surface area contributed by atoms with Crippen LogP contribution >= 0.6 is 0 Å². The predicted octanol–water partition coefficient (Wildman–Crippen LogP) is 3.67. The molecule has 1 aliphatic rings. The summed E-state index contributed by atoms with van der Waals surface area (Å²) in [6.07, 6.45) is 3.13. The summed E-state index contributed by atoms with van der Waals surface area (Å²) < 4.78 is 11.1. The molecule has 1 rings (SSSR count). The minimum atomic E-state index is -0.429. The van der Waals surface area contributed by atoms with Crippen LogP contribution in [-0.4, -0.2) is 55.5 Å². The second-order valence-electron chi connectivity index (χ2n) is 8.37. The molecule has 0 aliphatic carbocycles. The van der Waals surface area contributed by atoms with Gasteiger partial charge in [-0.25, -0.2) is 4.79 Å². The number of carbonyl (C=O) groups is 1. The largest absolute Gasteiger partial charge is 0.444 e. The van der Waals surface area contributed by atoms with Gasteiger partial charge in [-0.15, -0.1) is 0 Å². The van der Waals surface area contributed by atoms with Gasteiger partial charge in [-0.2, -0.15) is 0 Å². The number of amides is 1. The van der Waals surface area contributed by atoms with Crippen molar-refractivity contribution in [2.24, 2.45) is 11.8 Å². The van der Waals surface area contributed by atoms with Crippen LogP contribution in [-0.2, 0) is 9.47 Å². The summed E-state index contributed by atoms with van der Waals surface area (Å²) in [5, 5.41) is 3.54. The summed E-state index contributed by atoms with van der Waals surface area (Å²) >= 11 is 0. The second kappa shape index (κ2) is 10.2. The average Bonchev–Trinajstić information content (AvgIpc) is 2.48. The Hall–Kier alpha value is -0.810. The minimum Gasteiger partial charge on any atom is -0.444 e. The van der Waals surface area contributed by atoms with E-state index in [1.807, 2.05) is 25.7 Å². The summed E-state index contributed by atoms with van der Waals surface area (Å²) in [5.41, 5.74) is -0.429. The molecule has 1 amide bonds. The van der Waals surface area contributed by atoms with Gasteiger partial charge in [0.15, 0.2) is 0 Å². The van der Waals surface area contributed by atoms with E-state index in [0.717, 1.165) is 52.1 Å². The summed E-state index contributed by atoms with van der Waals surface area (Å²) in [6.45, 7) is 16.4. The fraction of sp³-hybridized carbons (Fsp3) is 0.947. The molecule has 0 aromatic heterocycles. The van der Waals surface area contributed by atoms with Crippen LogP contribution in [0.2, 0.25) is 0 Å². The van der Waals surface area contributed by atoms with Crippen LogP contribution in [0.15, 0.2) is 0 Å². The van der Waals surface area contributed by atoms with Gasteiger partial charge in [-0.05, 0) is 58.8 Å². The molecule has 2 atom stereocenters. The van der Waals surface area contributed by atoms with Crippen molar-refractivity contribution >= 4 is 6.09 Å². The standard InChI is InChI=1S/C19H38N2O3/c1-15(2)9-12-23-13-10-20-16(3)17-8-7-11-21(14-17)18(22)24-19(4,5)6/h15-17,20H,7-14H2,1-6H3. The van der Waals surface area contributed by atoms with Crippen LogP contribution in [0.5, 0.6) is 0 Å². The smallest absolute Gasteiger partial charge is 0.410 e. The maximum atomic E-state index is 12.2. The molecule has 0 aromatic carbocycles. The fourth-order valence-corrected chi connectivity index (χ4v) is 2.86. The third kappa shape index (κ3) is 8.88. The number of hydrogen-bond donors (Lipinski definition) is 1. The number of nitrogens with one attached hydrogen (secondary N) is 1. The van der Waals surface area contributed by atoms with Crippen LogP contribution in [0.3, 0.4) is 0 Å². The van der Waals surface area contributed by atoms with Crippen LogP contribution in [0.1, 0.15) is 60.8 Å². The lowest BCUT2D eigenvalue weighted by molar-refractivity contribution is 0.0146. The number of carbonyl (C=O) groups excluding carboxylic acids is 1. The molecule has 24 heavy (non-hydrogen) atoms. The first kappa shape index (κ1) is 21.2. The molecule has 0 saturated carbocycles. The Morgan fingerprint density at radius 3 is 2.58 bits per heavy atom. The summed E-state index contributed by atoms with van der Waals surface area (Å²) in [6, 6.07) is 0.379. The third-order valence-electron chi connectivity index (χ3n) is 4.37. The Kier molecular flexibility index (Phi) is 9.06. The molecule has 1 heterocycles. The fourth-order valence-electron chi connectivity index (χ4n) is 2.86. The highest BCUT2D eigenvalue weighted by Gasteiger charge is 2.29. The van der Waals surface area contributed by atoms with E-state index in [-0.39, 0.29) is 6.09 Å². The highest BCUT2D eigenvalue weighted by Crippen LogP contribution is 2.21. The number of nitrogens with zero attached hydrogens (tertiary/aromatic N) is 1. The second-order valence-corrected chi connectivity index (χ2v) is 8.37. The number of likely N-dealkylation sites (tertiary alicyclic amines) is 1. The van der Waals surface area contributed by atoms with Gasteiger partial charge in [0, 0.05) is 32.3 Å². The Balaban J connectivity index is 2.27. The SMILES string of the molecule is CC(C)CCOCCNC(C)C1CCCN(C(=O)OC(C)(C)C)C1. The third-order valence-corrected chi connectivity index (χ3v) is 4.37. The van der Waals surface area contributed by atoms with E-state index < -0.39 is 5.60 Å². The van der Waals surface area contributed by atoms with Crippen molar-refractivity contribution in [1.29, 1.82) is 0 Å². The molecule has 1 saturated heterocycles. The lowest BCUT2D eigenvalue weighted by Gasteiger charge is -2.36. The molecule has 1 fully saturated rings. The van der Waals surface area contributed by atoms with Crippen molar-refractivity contribution in [3.05, 3.63) is 0 Å². The van der Waals surface area contributed by atoms with Crippen molar-refractivity contribution < 1.29 is 14.3 Å². The van der Waals surface area contributed by atoms with Gasteiger partial charge in [0.2, 0.25) is 0 Å². The summed E-state index contributed by atoms with van der Waals surface area (Å²) in [7, 11) is 0. The van der Waals surface area contributed by atoms with Gasteiger partial charge in [0.05, 0.1) is 6.61 Å². The molecule has 5 heteroatoms. The van der Waals surface area contributed by atoms with Crippen LogP contribution < -0.4 is 5.32 Å². The topological polar surface area (TPSA) is 50.8 Å². The van der Waals surface area contributed by atoms with E-state index >= 15 is 0 Å². The lowest BCUT2D eigenvalue weighted by Crippen LogP contribution is -2.48. The average molecular weight is 343 g/mol. The van der Waals surface area contributed by atoms with Gasteiger partial charge >= 0.3 is 6.09 Å². The number of ether oxygens (including phenoxy) is 2. The van der Waals surface area contributed by atoms with Gasteiger partial charge in [-0.3, -0.25) is 0 Å². The number of rotatable bonds is 8. The van der Waals surface area contributed by atoms with E-state index in [0.29, 0.717) is 17.9 Å². The maximum absolute atomic E-state index is 12.2. The molecule has 0 aromatic rings. The highest BCUT2D eigenvalue weighted by molar-refractivity contribution is 5.68. The molecule has 5 nitrogen and oxygen atoms in total. The molecular formula is C19H38N2O3. The van der Waals surface area contributed by atoms with E-state index in [9.17, 15) is 4.79 Å². The van der Waals surface area contributed by atoms with Crippen molar-refractivity contribution in [3.63, 3.8) is 0 Å². The number of hydrogen-bond acceptors (Lipinski definition) is 4. The summed E-state index contributed by atoms with van der Waals surface area (Å²) in [4.78, 5) is 14.1. The van der Waals surface area contributed by atoms with Crippen molar-refractivity contribution in [3.8, 4) is 0 Å². The Labute approximate surface area is 148 Å². The van der Waals surface area contributed by atoms with E-state index in [4.69, 9.17) is 9.47 Å². The minimum absolute atomic E-state index is 0.184. The molecule has 0 bridgehead atoms. The van der Waals surface area contributed by atoms with Crippen molar-refractivity contribution in [2.45, 2.75) is 72.4 Å². The van der Waals surface area contributed by atoms with Crippen LogP contribution in [0.4, 0.5) is 4.79 Å². The van der Waals surface area contributed by atoms with Crippen molar-refractivity contribution in [2.75, 3.05) is 32.8 Å². The Bertz CT molecular complexity index is 366. The van der Waals surface area contributed by atoms with E-state index in [1.165, 1.54) is 0 Å². The van der Waals surface area contributed by atoms with Crippen LogP contribution in [0.25, 0.3) is 0 Å². The zero-order valence-electron chi connectivity index (χ0n) is 16.6. The van der Waals surface area contributed by atoms with Crippen molar-refractivity contribution in [1.82, 2.24) is 10.2 Å². The Morgan fingerprint density at radius 1 is 1.25 bits per heavy atom. The normalized spacial score (nSPS) is 20.3. The molecule has 0 radical (unpaired) electrons. The van der Waals surface area contributed by atoms with Gasteiger partial charge in [0.25, 0.3) is 0 Å². The lowest BCUT2D eigenvalue weighted by atomic mass is 9.92. The van der Waals surface area contributed by atoms with Gasteiger partial charge < -0.3 is 19.7 Å². The monoisotopic (exact) mass is 342 g/mol. The van der Waals surface area contributed by atoms with E-state index in [1.54, 1.807) is 0 Å². The zero-order valence-corrected chi connectivity index (χ0v) is 16.6. The first-order chi connectivity index (χ1) is 11.2. The summed E-state index contributed by atoms with van der Waals surface area (Å²) in [5.74, 6) is 1.17. The molecule has 2 unspecified atom stereocenters. The quantitative estimate of drug-likeness (QED) is 0.684. The van der Waals surface area contributed by atoms with E-state index in [2.05, 4.69) is 26.1 Å². The molecule has 142 valence electrons. The predicted molar refractivity (Wildman–Crippen MR) is 98.3 cm³/mol. The highest BCUT2D eigenvalue weighted by atomic mass is 16.6. The maximum Gasteiger partial charge on any atom is 0.410 e. The van der Waals surface area contributed by atoms with Crippen LogP contribution in [0, 0.1) is 11.8 Å². The van der Waals surface area contributed by atoms with Gasteiger partial charge in [-0.1, -0.05) is 13.8 Å². The number of piperidine rings is 1. The molecule has 1 N–H and O–H groups in total. The Morgan fingerprint density at radius 2 is 1.96 bits per heavy atom. The first-order valence-corrected chi connectivity index (χ1v) is 9.48. The molecular weight excluding hydrogens is 304 g/mol. The van der Waals surface area contributed by atoms with Gasteiger partial charge in [0.1, 0.15) is 5.60 Å².